The lowest BCUT2D eigenvalue weighted by Crippen LogP contribution is -2.27. The van der Waals surface area contributed by atoms with Crippen molar-refractivity contribution in [2.45, 2.75) is 4.90 Å². The molecule has 9 nitrogen and oxygen atoms in total. The highest BCUT2D eigenvalue weighted by molar-refractivity contribution is 7.90. The van der Waals surface area contributed by atoms with Gasteiger partial charge in [-0.1, -0.05) is 0 Å². The minimum absolute atomic E-state index is 0.217. The Kier molecular flexibility index (Phi) is 3.15. The first-order valence-electron chi connectivity index (χ1n) is 6.33. The van der Waals surface area contributed by atoms with Gasteiger partial charge in [0.05, 0.1) is 0 Å². The monoisotopic (exact) mass is 290 g/mol. The molecule has 1 aromatic heterocycles. The van der Waals surface area contributed by atoms with Crippen LogP contribution in [0.3, 0.4) is 0 Å². The number of carbonyl (C=O) groups excluding carboxylic acids is 2. The van der Waals surface area contributed by atoms with E-state index in [2.05, 4.69) is 20.8 Å². The van der Waals surface area contributed by atoms with Crippen molar-refractivity contribution < 1.29 is 22.1 Å². The first kappa shape index (κ1) is 10.7. The Bertz CT molecular complexity index is 704. The largest absolute Gasteiger partial charge is 0.354 e. The number of nitrogens with one attached hydrogen (secondary N) is 3. The van der Waals surface area contributed by atoms with E-state index in [0.717, 1.165) is 12.3 Å². The summed E-state index contributed by atoms with van der Waals surface area (Å²) in [5.74, 6) is -1.44. The summed E-state index contributed by atoms with van der Waals surface area (Å²) in [6.07, 6.45) is 0.805. The van der Waals surface area contributed by atoms with Crippen LogP contribution in [0, 0.1) is 0 Å². The average molecular weight is 290 g/mol. The average Bonchev–Trinajstić information content (AvgIpc) is 2.35. The number of amides is 3. The molecule has 0 aliphatic heterocycles. The molecule has 1 aromatic rings. The molecule has 0 aromatic carbocycles. The Balaban J connectivity index is 3.29. The molecule has 1 heterocycles. The first-order chi connectivity index (χ1) is 9.94. The number of urea groups is 1. The van der Waals surface area contributed by atoms with Crippen molar-refractivity contribution in [2.24, 2.45) is 0 Å². The van der Waals surface area contributed by atoms with Crippen molar-refractivity contribution in [1.29, 1.82) is 0 Å². The normalized spacial score (nSPS) is 13.7. The van der Waals surface area contributed by atoms with Crippen LogP contribution in [0.15, 0.2) is 11.0 Å². The maximum Gasteiger partial charge on any atom is 0.320 e. The quantitative estimate of drug-likeness (QED) is 0.654. The molecule has 19 heavy (non-hydrogen) atoms. The highest BCUT2D eigenvalue weighted by Gasteiger charge is 2.21. The Morgan fingerprint density at radius 3 is 2.53 bits per heavy atom. The minimum Gasteiger partial charge on any atom is -0.354 e. The number of aromatic nitrogens is 2. The number of nitrogens with zero attached hydrogens (tertiary/aromatic N) is 2. The number of hydrogen-bond donors (Lipinski definition) is 3. The van der Waals surface area contributed by atoms with Crippen LogP contribution in [-0.2, 0) is 9.84 Å². The van der Waals surface area contributed by atoms with Gasteiger partial charge in [0.15, 0.2) is 21.3 Å². The van der Waals surface area contributed by atoms with E-state index in [1.165, 1.54) is 7.05 Å². The second kappa shape index (κ2) is 5.61. The van der Waals surface area contributed by atoms with Gasteiger partial charge < -0.3 is 10.6 Å². The van der Waals surface area contributed by atoms with E-state index in [9.17, 15) is 18.0 Å². The van der Waals surface area contributed by atoms with Gasteiger partial charge >= 0.3 is 6.03 Å². The topological polar surface area (TPSA) is 130 Å². The molecule has 0 saturated carbocycles. The van der Waals surface area contributed by atoms with Crippen molar-refractivity contribution >= 4 is 27.6 Å². The van der Waals surface area contributed by atoms with Gasteiger partial charge in [-0.05, 0) is 0 Å². The van der Waals surface area contributed by atoms with Crippen molar-refractivity contribution in [3.63, 3.8) is 0 Å². The number of rotatable bonds is 3. The molecule has 3 N–H and O–H groups in total. The highest BCUT2D eigenvalue weighted by Crippen LogP contribution is 2.16. The van der Waals surface area contributed by atoms with E-state index in [-0.39, 0.29) is 5.82 Å². The number of carbonyl (C=O) groups is 2. The van der Waals surface area contributed by atoms with Gasteiger partial charge in [0.25, 0.3) is 5.91 Å². The molecule has 10 heteroatoms. The molecular formula is C9H13N5O4S. The Morgan fingerprint density at radius 1 is 1.32 bits per heavy atom. The SMILES string of the molecule is [2H]C([2H])([2H])NC(=O)c1nnc(NC(=O)NC)cc1S(C)(=O)=O. The molecule has 0 aliphatic carbocycles. The lowest BCUT2D eigenvalue weighted by molar-refractivity contribution is 0.0953. The van der Waals surface area contributed by atoms with Gasteiger partial charge in [-0.3, -0.25) is 10.1 Å². The third kappa shape index (κ3) is 3.61. The standard InChI is InChI=1S/C9H13N5O4S/c1-10-8(15)7-5(19(3,17)18)4-6(13-14-7)12-9(16)11-2/h4H,1-3H3,(H,10,15)(H2,11,12,13,16)/i1D3. The summed E-state index contributed by atoms with van der Waals surface area (Å²) in [6.45, 7) is -2.81. The second-order valence-corrected chi connectivity index (χ2v) is 5.36. The molecule has 0 fully saturated rings. The molecule has 0 bridgehead atoms. The predicted molar refractivity (Wildman–Crippen MR) is 66.6 cm³/mol. The number of sulfone groups is 1. The van der Waals surface area contributed by atoms with Crippen molar-refractivity contribution in [1.82, 2.24) is 20.8 Å². The van der Waals surface area contributed by atoms with E-state index in [0.29, 0.717) is 0 Å². The van der Waals surface area contributed by atoms with Gasteiger partial charge in [-0.2, -0.15) is 0 Å². The van der Waals surface area contributed by atoms with E-state index < -0.39 is 39.3 Å². The van der Waals surface area contributed by atoms with Crippen molar-refractivity contribution in [3.8, 4) is 0 Å². The maximum atomic E-state index is 11.8. The highest BCUT2D eigenvalue weighted by atomic mass is 32.2. The molecular weight excluding hydrogens is 274 g/mol. The van der Waals surface area contributed by atoms with Crippen LogP contribution in [0.1, 0.15) is 14.6 Å². The summed E-state index contributed by atoms with van der Waals surface area (Å²) >= 11 is 0. The molecule has 3 amide bonds. The maximum absolute atomic E-state index is 11.8. The molecule has 0 atom stereocenters. The van der Waals surface area contributed by atoms with Crippen LogP contribution in [0.25, 0.3) is 0 Å². The van der Waals surface area contributed by atoms with E-state index in [1.54, 1.807) is 5.32 Å². The zero-order valence-electron chi connectivity index (χ0n) is 13.0. The van der Waals surface area contributed by atoms with Crippen LogP contribution in [0.4, 0.5) is 10.6 Å². The Labute approximate surface area is 113 Å². The zero-order chi connectivity index (χ0) is 17.1. The summed E-state index contributed by atoms with van der Waals surface area (Å²) in [4.78, 5) is 22.4. The summed E-state index contributed by atoms with van der Waals surface area (Å²) < 4.78 is 44.2. The zero-order valence-corrected chi connectivity index (χ0v) is 10.8. The third-order valence-electron chi connectivity index (χ3n) is 1.96. The smallest absolute Gasteiger partial charge is 0.320 e. The fraction of sp³-hybridized carbons (Fsp3) is 0.333. The fourth-order valence-electron chi connectivity index (χ4n) is 1.11. The van der Waals surface area contributed by atoms with E-state index >= 15 is 0 Å². The predicted octanol–water partition coefficient (Wildman–Crippen LogP) is -1.01. The summed E-state index contributed by atoms with van der Waals surface area (Å²) in [5.41, 5.74) is -0.680. The first-order valence-corrected chi connectivity index (χ1v) is 6.72. The number of anilines is 1. The van der Waals surface area contributed by atoms with Gasteiger partial charge in [0.2, 0.25) is 0 Å². The lowest BCUT2D eigenvalue weighted by atomic mass is 10.3. The summed E-state index contributed by atoms with van der Waals surface area (Å²) in [6, 6.07) is 0.236. The minimum atomic E-state index is -3.92. The van der Waals surface area contributed by atoms with Crippen LogP contribution < -0.4 is 16.0 Å². The molecule has 0 spiro atoms. The second-order valence-electron chi connectivity index (χ2n) is 3.37. The van der Waals surface area contributed by atoms with Crippen LogP contribution >= 0.6 is 0 Å². The van der Waals surface area contributed by atoms with Gasteiger partial charge in [0, 0.05) is 30.5 Å². The van der Waals surface area contributed by atoms with Crippen LogP contribution in [-0.4, -0.2) is 50.8 Å². The van der Waals surface area contributed by atoms with Gasteiger partial charge in [-0.25, -0.2) is 13.2 Å². The fourth-order valence-corrected chi connectivity index (χ4v) is 1.92. The lowest BCUT2D eigenvalue weighted by Gasteiger charge is -2.08. The van der Waals surface area contributed by atoms with Crippen LogP contribution in [0.5, 0.6) is 0 Å². The number of hydrogen-bond acceptors (Lipinski definition) is 6. The Morgan fingerprint density at radius 2 is 2.00 bits per heavy atom. The van der Waals surface area contributed by atoms with Crippen molar-refractivity contribution in [2.75, 3.05) is 25.6 Å². The molecule has 0 unspecified atom stereocenters. The van der Waals surface area contributed by atoms with E-state index in [1.807, 2.05) is 0 Å². The Hall–Kier alpha value is -2.23. The molecule has 0 aliphatic rings. The third-order valence-corrected chi connectivity index (χ3v) is 3.07. The molecule has 0 saturated heterocycles. The molecule has 1 rings (SSSR count). The van der Waals surface area contributed by atoms with E-state index in [4.69, 9.17) is 4.11 Å². The van der Waals surface area contributed by atoms with Crippen molar-refractivity contribution in [3.05, 3.63) is 11.8 Å². The van der Waals surface area contributed by atoms with Crippen LogP contribution in [0.2, 0.25) is 0 Å². The van der Waals surface area contributed by atoms with Gasteiger partial charge in [0.1, 0.15) is 4.90 Å². The molecule has 104 valence electrons. The molecule has 0 radical (unpaired) electrons. The summed E-state index contributed by atoms with van der Waals surface area (Å²) in [7, 11) is -2.59. The summed E-state index contributed by atoms with van der Waals surface area (Å²) in [5, 5.41) is 12.9. The van der Waals surface area contributed by atoms with Gasteiger partial charge in [-0.15, -0.1) is 10.2 Å².